The fraction of sp³-hybridized carbons (Fsp3) is 0.529. The second kappa shape index (κ2) is 7.97. The Labute approximate surface area is 135 Å². The third-order valence-corrected chi connectivity index (χ3v) is 4.15. The number of methoxy groups -OCH3 is 1. The molecule has 1 fully saturated rings. The molecule has 0 aliphatic heterocycles. The molecule has 0 unspecified atom stereocenters. The second-order valence-corrected chi connectivity index (χ2v) is 5.72. The first-order valence-corrected chi connectivity index (χ1v) is 7.83. The number of nitrogens with one attached hydrogen (secondary N) is 1. The summed E-state index contributed by atoms with van der Waals surface area (Å²) in [6, 6.07) is 7.40. The van der Waals surface area contributed by atoms with Gasteiger partial charge in [-0.15, -0.1) is 0 Å². The summed E-state index contributed by atoms with van der Waals surface area (Å²) in [5.41, 5.74) is 0.342. The molecule has 2 N–H and O–H groups in total. The number of carbonyl (C=O) groups is 2. The lowest BCUT2D eigenvalue weighted by atomic mass is 9.79. The molecular formula is C17H23NO5. The van der Waals surface area contributed by atoms with Gasteiger partial charge in [-0.3, -0.25) is 9.59 Å². The van der Waals surface area contributed by atoms with Crippen LogP contribution in [0.2, 0.25) is 0 Å². The molecule has 2 rings (SSSR count). The summed E-state index contributed by atoms with van der Waals surface area (Å²) in [6.45, 7) is 0.821. The molecule has 0 atom stereocenters. The first-order chi connectivity index (χ1) is 11.1. The number of aliphatic carboxylic acids is 1. The van der Waals surface area contributed by atoms with Gasteiger partial charge in [-0.1, -0.05) is 12.1 Å². The summed E-state index contributed by atoms with van der Waals surface area (Å²) < 4.78 is 10.8. The van der Waals surface area contributed by atoms with Crippen molar-refractivity contribution in [2.45, 2.75) is 44.2 Å². The minimum atomic E-state index is -0.819. The molecule has 1 aliphatic carbocycles. The van der Waals surface area contributed by atoms with Gasteiger partial charge in [0.15, 0.2) is 0 Å². The molecule has 0 bridgehead atoms. The molecule has 1 amide bonds. The molecule has 126 valence electrons. The van der Waals surface area contributed by atoms with Crippen molar-refractivity contribution in [2.75, 3.05) is 13.7 Å². The molecule has 23 heavy (non-hydrogen) atoms. The monoisotopic (exact) mass is 321 g/mol. The summed E-state index contributed by atoms with van der Waals surface area (Å²) >= 11 is 0. The Morgan fingerprint density at radius 2 is 1.96 bits per heavy atom. The first kappa shape index (κ1) is 17.3. The maximum atomic E-state index is 12.1. The highest BCUT2D eigenvalue weighted by Gasteiger charge is 2.44. The predicted octanol–water partition coefficient (Wildman–Crippen LogP) is 2.12. The Morgan fingerprint density at radius 1 is 1.26 bits per heavy atom. The number of amides is 1. The Morgan fingerprint density at radius 3 is 2.48 bits per heavy atom. The van der Waals surface area contributed by atoms with Crippen LogP contribution in [0.4, 0.5) is 0 Å². The van der Waals surface area contributed by atoms with Crippen LogP contribution in [-0.4, -0.2) is 36.3 Å². The number of benzene rings is 1. The third-order valence-electron chi connectivity index (χ3n) is 4.15. The molecule has 6 heteroatoms. The number of hydrogen-bond acceptors (Lipinski definition) is 4. The van der Waals surface area contributed by atoms with Gasteiger partial charge in [-0.2, -0.15) is 0 Å². The van der Waals surface area contributed by atoms with Gasteiger partial charge < -0.3 is 19.9 Å². The number of ether oxygens (including phenoxy) is 2. The summed E-state index contributed by atoms with van der Waals surface area (Å²) in [6.07, 6.45) is 3.16. The normalized spacial score (nSPS) is 15.5. The van der Waals surface area contributed by atoms with Crippen LogP contribution < -0.4 is 10.1 Å². The zero-order valence-electron chi connectivity index (χ0n) is 13.3. The zero-order valence-corrected chi connectivity index (χ0v) is 13.3. The van der Waals surface area contributed by atoms with E-state index in [2.05, 4.69) is 5.32 Å². The molecule has 0 spiro atoms. The largest absolute Gasteiger partial charge is 0.494 e. The van der Waals surface area contributed by atoms with Crippen molar-refractivity contribution in [3.63, 3.8) is 0 Å². The highest BCUT2D eigenvalue weighted by molar-refractivity contribution is 5.86. The summed E-state index contributed by atoms with van der Waals surface area (Å²) in [4.78, 5) is 22.5. The van der Waals surface area contributed by atoms with Crippen LogP contribution in [0.3, 0.4) is 0 Å². The lowest BCUT2D eigenvalue weighted by Crippen LogP contribution is -2.52. The van der Waals surface area contributed by atoms with Crippen LogP contribution in [0.25, 0.3) is 0 Å². The van der Waals surface area contributed by atoms with Crippen molar-refractivity contribution >= 4 is 11.9 Å². The van der Waals surface area contributed by atoms with Crippen LogP contribution in [0, 0.1) is 0 Å². The summed E-state index contributed by atoms with van der Waals surface area (Å²) in [7, 11) is 1.58. The molecule has 1 saturated carbocycles. The van der Waals surface area contributed by atoms with Gasteiger partial charge in [0.05, 0.1) is 6.61 Å². The van der Waals surface area contributed by atoms with E-state index >= 15 is 0 Å². The van der Waals surface area contributed by atoms with Gasteiger partial charge in [-0.25, -0.2) is 0 Å². The quantitative estimate of drug-likeness (QED) is 0.681. The summed E-state index contributed by atoms with van der Waals surface area (Å²) in [5, 5.41) is 11.5. The average Bonchev–Trinajstić information content (AvgIpc) is 2.50. The van der Waals surface area contributed by atoms with Crippen molar-refractivity contribution in [1.29, 1.82) is 0 Å². The van der Waals surface area contributed by atoms with Gasteiger partial charge in [0.2, 0.25) is 0 Å². The van der Waals surface area contributed by atoms with E-state index in [0.717, 1.165) is 24.8 Å². The topological polar surface area (TPSA) is 84.9 Å². The number of hydrogen-bond donors (Lipinski definition) is 2. The van der Waals surface area contributed by atoms with Crippen LogP contribution in [-0.2, 0) is 20.9 Å². The Kier molecular flexibility index (Phi) is 5.98. The minimum absolute atomic E-state index is 0.0553. The smallest absolute Gasteiger partial charge is 0.303 e. The predicted molar refractivity (Wildman–Crippen MR) is 84.2 cm³/mol. The molecule has 1 aromatic rings. The van der Waals surface area contributed by atoms with Crippen molar-refractivity contribution < 1.29 is 24.2 Å². The molecule has 1 aromatic carbocycles. The lowest BCUT2D eigenvalue weighted by Gasteiger charge is -2.38. The first-order valence-electron chi connectivity index (χ1n) is 7.83. The second-order valence-electron chi connectivity index (χ2n) is 5.72. The standard InChI is InChI=1S/C17H23NO5/c1-22-17(9-3-10-17)16(21)18-12-13-5-7-14(8-6-13)23-11-2-4-15(19)20/h5-8H,2-4,9-12H2,1H3,(H,18,21)(H,19,20). The van der Waals surface area contributed by atoms with Crippen molar-refractivity contribution in [1.82, 2.24) is 5.32 Å². The maximum absolute atomic E-state index is 12.1. The van der Waals surface area contributed by atoms with E-state index in [1.165, 1.54) is 0 Å². The molecule has 1 aliphatic rings. The van der Waals surface area contributed by atoms with E-state index in [1.807, 2.05) is 24.3 Å². The molecule has 0 heterocycles. The SMILES string of the molecule is COC1(C(=O)NCc2ccc(OCCCC(=O)O)cc2)CCC1. The number of carboxylic acid groups (broad SMARTS) is 1. The Balaban J connectivity index is 1.74. The van der Waals surface area contributed by atoms with Gasteiger partial charge >= 0.3 is 5.97 Å². The van der Waals surface area contributed by atoms with Crippen LogP contribution >= 0.6 is 0 Å². The Hall–Kier alpha value is -2.08. The van der Waals surface area contributed by atoms with Gasteiger partial charge in [0.1, 0.15) is 11.4 Å². The lowest BCUT2D eigenvalue weighted by molar-refractivity contribution is -0.154. The fourth-order valence-corrected chi connectivity index (χ4v) is 2.48. The van der Waals surface area contributed by atoms with Crippen molar-refractivity contribution in [3.05, 3.63) is 29.8 Å². The fourth-order valence-electron chi connectivity index (χ4n) is 2.48. The van der Waals surface area contributed by atoms with Crippen LogP contribution in [0.1, 0.15) is 37.7 Å². The third kappa shape index (κ3) is 4.69. The molecule has 0 radical (unpaired) electrons. The van der Waals surface area contributed by atoms with E-state index in [-0.39, 0.29) is 12.3 Å². The van der Waals surface area contributed by atoms with E-state index in [4.69, 9.17) is 14.6 Å². The summed E-state index contributed by atoms with van der Waals surface area (Å²) in [5.74, 6) is -0.182. The van der Waals surface area contributed by atoms with Gasteiger partial charge in [-0.05, 0) is 43.4 Å². The van der Waals surface area contributed by atoms with Crippen LogP contribution in [0.15, 0.2) is 24.3 Å². The minimum Gasteiger partial charge on any atom is -0.494 e. The highest BCUT2D eigenvalue weighted by atomic mass is 16.5. The van der Waals surface area contributed by atoms with Crippen LogP contribution in [0.5, 0.6) is 5.75 Å². The Bertz CT molecular complexity index is 531. The zero-order chi connectivity index (χ0) is 16.7. The number of carboxylic acids is 1. The molecule has 6 nitrogen and oxygen atoms in total. The van der Waals surface area contributed by atoms with E-state index in [1.54, 1.807) is 7.11 Å². The average molecular weight is 321 g/mol. The maximum Gasteiger partial charge on any atom is 0.303 e. The van der Waals surface area contributed by atoms with E-state index in [9.17, 15) is 9.59 Å². The molecule has 0 aromatic heterocycles. The van der Waals surface area contributed by atoms with E-state index in [0.29, 0.717) is 25.3 Å². The molecular weight excluding hydrogens is 298 g/mol. The number of rotatable bonds is 9. The van der Waals surface area contributed by atoms with E-state index < -0.39 is 11.6 Å². The molecule has 0 saturated heterocycles. The van der Waals surface area contributed by atoms with Gasteiger partial charge in [0, 0.05) is 20.1 Å². The number of carbonyl (C=O) groups excluding carboxylic acids is 1. The van der Waals surface area contributed by atoms with Crippen molar-refractivity contribution in [2.24, 2.45) is 0 Å². The van der Waals surface area contributed by atoms with Gasteiger partial charge in [0.25, 0.3) is 5.91 Å². The van der Waals surface area contributed by atoms with Crippen molar-refractivity contribution in [3.8, 4) is 5.75 Å². The highest BCUT2D eigenvalue weighted by Crippen LogP contribution is 2.35.